The molecular formula is C13H26N2. The molecule has 2 aliphatic carbocycles. The van der Waals surface area contributed by atoms with E-state index in [4.69, 9.17) is 0 Å². The first-order valence-electron chi connectivity index (χ1n) is 6.65. The van der Waals surface area contributed by atoms with E-state index in [2.05, 4.69) is 24.5 Å². The van der Waals surface area contributed by atoms with Crippen LogP contribution in [0.25, 0.3) is 0 Å². The fraction of sp³-hybridized carbons (Fsp3) is 1.00. The highest BCUT2D eigenvalue weighted by Crippen LogP contribution is 2.36. The predicted molar refractivity (Wildman–Crippen MR) is 65.1 cm³/mol. The maximum Gasteiger partial charge on any atom is 0.0164 e. The number of nitrogens with one attached hydrogen (secondary N) is 2. The normalized spacial score (nSPS) is 26.8. The van der Waals surface area contributed by atoms with Crippen LogP contribution >= 0.6 is 0 Å². The van der Waals surface area contributed by atoms with Gasteiger partial charge in [0.2, 0.25) is 0 Å². The molecule has 0 aliphatic heterocycles. The van der Waals surface area contributed by atoms with Crippen LogP contribution in [0.4, 0.5) is 0 Å². The van der Waals surface area contributed by atoms with E-state index < -0.39 is 0 Å². The molecule has 2 nitrogen and oxygen atoms in total. The quantitative estimate of drug-likeness (QED) is 0.703. The predicted octanol–water partition coefficient (Wildman–Crippen LogP) is 2.30. The molecule has 0 aromatic heterocycles. The summed E-state index contributed by atoms with van der Waals surface area (Å²) in [7, 11) is 0. The molecule has 0 amide bonds. The van der Waals surface area contributed by atoms with Gasteiger partial charge in [-0.05, 0) is 38.0 Å². The Labute approximate surface area is 94.2 Å². The number of rotatable bonds is 6. The molecule has 0 aromatic rings. The topological polar surface area (TPSA) is 24.1 Å². The zero-order valence-electron chi connectivity index (χ0n) is 10.3. The van der Waals surface area contributed by atoms with Crippen LogP contribution in [0, 0.1) is 5.41 Å². The van der Waals surface area contributed by atoms with Crippen LogP contribution in [0.15, 0.2) is 0 Å². The van der Waals surface area contributed by atoms with Gasteiger partial charge in [0.05, 0.1) is 0 Å². The molecule has 0 spiro atoms. The smallest absolute Gasteiger partial charge is 0.0164 e. The van der Waals surface area contributed by atoms with Crippen LogP contribution in [0.3, 0.4) is 0 Å². The van der Waals surface area contributed by atoms with Crippen LogP contribution in [0.1, 0.15) is 52.4 Å². The molecule has 1 atom stereocenters. The van der Waals surface area contributed by atoms with Gasteiger partial charge in [-0.3, -0.25) is 0 Å². The minimum Gasteiger partial charge on any atom is -0.312 e. The van der Waals surface area contributed by atoms with Crippen molar-refractivity contribution in [1.82, 2.24) is 10.6 Å². The van der Waals surface area contributed by atoms with Gasteiger partial charge < -0.3 is 10.6 Å². The van der Waals surface area contributed by atoms with Crippen LogP contribution in [-0.2, 0) is 0 Å². The van der Waals surface area contributed by atoms with Crippen LogP contribution in [0.5, 0.6) is 0 Å². The highest BCUT2D eigenvalue weighted by molar-refractivity contribution is 4.85. The minimum atomic E-state index is 0.591. The highest BCUT2D eigenvalue weighted by Gasteiger charge is 2.28. The monoisotopic (exact) mass is 210 g/mol. The molecule has 1 unspecified atom stereocenters. The summed E-state index contributed by atoms with van der Waals surface area (Å²) < 4.78 is 0. The summed E-state index contributed by atoms with van der Waals surface area (Å²) >= 11 is 0. The van der Waals surface area contributed by atoms with E-state index in [0.717, 1.165) is 12.6 Å². The van der Waals surface area contributed by atoms with Crippen LogP contribution < -0.4 is 10.6 Å². The lowest BCUT2D eigenvalue weighted by molar-refractivity contribution is 0.298. The van der Waals surface area contributed by atoms with E-state index in [9.17, 15) is 0 Å². The molecule has 0 radical (unpaired) electrons. The highest BCUT2D eigenvalue weighted by atomic mass is 15.0. The first-order chi connectivity index (χ1) is 7.18. The molecule has 2 saturated carbocycles. The largest absolute Gasteiger partial charge is 0.312 e. The second-order valence-electron chi connectivity index (χ2n) is 5.98. The fourth-order valence-corrected chi connectivity index (χ4v) is 2.53. The Morgan fingerprint density at radius 2 is 1.93 bits per heavy atom. The van der Waals surface area contributed by atoms with Gasteiger partial charge in [0, 0.05) is 25.2 Å². The van der Waals surface area contributed by atoms with Crippen molar-refractivity contribution in [1.29, 1.82) is 0 Å². The molecule has 2 aliphatic rings. The SMILES string of the molecule is CC(CNC1CC1)NCC1(C)CCCC1. The maximum absolute atomic E-state index is 3.69. The Kier molecular flexibility index (Phi) is 3.68. The lowest BCUT2D eigenvalue weighted by Crippen LogP contribution is -2.41. The molecule has 2 fully saturated rings. The second kappa shape index (κ2) is 4.84. The minimum absolute atomic E-state index is 0.591. The zero-order valence-corrected chi connectivity index (χ0v) is 10.3. The molecule has 0 aromatic carbocycles. The van der Waals surface area contributed by atoms with Crippen molar-refractivity contribution in [3.05, 3.63) is 0 Å². The van der Waals surface area contributed by atoms with Crippen LogP contribution in [-0.4, -0.2) is 25.2 Å². The Hall–Kier alpha value is -0.0800. The van der Waals surface area contributed by atoms with Gasteiger partial charge in [-0.25, -0.2) is 0 Å². The maximum atomic E-state index is 3.69. The average molecular weight is 210 g/mol. The van der Waals surface area contributed by atoms with Crippen molar-refractivity contribution in [2.45, 2.75) is 64.5 Å². The Bertz CT molecular complexity index is 193. The van der Waals surface area contributed by atoms with Gasteiger partial charge in [-0.15, -0.1) is 0 Å². The first kappa shape index (κ1) is 11.4. The summed E-state index contributed by atoms with van der Waals surface area (Å²) in [6.07, 6.45) is 8.50. The Morgan fingerprint density at radius 1 is 1.27 bits per heavy atom. The average Bonchev–Trinajstić information content (AvgIpc) is 2.95. The second-order valence-corrected chi connectivity index (χ2v) is 5.98. The fourth-order valence-electron chi connectivity index (χ4n) is 2.53. The lowest BCUT2D eigenvalue weighted by Gasteiger charge is -2.26. The molecule has 88 valence electrons. The van der Waals surface area contributed by atoms with E-state index in [0.29, 0.717) is 11.5 Å². The number of hydrogen-bond donors (Lipinski definition) is 2. The van der Waals surface area contributed by atoms with E-state index in [1.807, 2.05) is 0 Å². The third kappa shape index (κ3) is 3.76. The molecule has 2 N–H and O–H groups in total. The van der Waals surface area contributed by atoms with Crippen molar-refractivity contribution in [3.63, 3.8) is 0 Å². The van der Waals surface area contributed by atoms with Crippen molar-refractivity contribution in [2.75, 3.05) is 13.1 Å². The third-order valence-corrected chi connectivity index (χ3v) is 3.98. The first-order valence-corrected chi connectivity index (χ1v) is 6.65. The van der Waals surface area contributed by atoms with Gasteiger partial charge in [0.15, 0.2) is 0 Å². The molecule has 0 heterocycles. The molecule has 2 rings (SSSR count). The Morgan fingerprint density at radius 3 is 2.53 bits per heavy atom. The van der Waals surface area contributed by atoms with E-state index in [1.54, 1.807) is 0 Å². The standard InChI is InChI=1S/C13H26N2/c1-11(9-14-12-5-6-12)15-10-13(2)7-3-4-8-13/h11-12,14-15H,3-10H2,1-2H3. The van der Waals surface area contributed by atoms with Gasteiger partial charge >= 0.3 is 0 Å². The van der Waals surface area contributed by atoms with Gasteiger partial charge in [0.1, 0.15) is 0 Å². The molecule has 0 bridgehead atoms. The van der Waals surface area contributed by atoms with Crippen molar-refractivity contribution >= 4 is 0 Å². The third-order valence-electron chi connectivity index (χ3n) is 3.98. The van der Waals surface area contributed by atoms with Gasteiger partial charge in [-0.2, -0.15) is 0 Å². The van der Waals surface area contributed by atoms with Crippen LogP contribution in [0.2, 0.25) is 0 Å². The van der Waals surface area contributed by atoms with E-state index in [1.165, 1.54) is 45.1 Å². The summed E-state index contributed by atoms with van der Waals surface area (Å²) in [5.74, 6) is 0. The van der Waals surface area contributed by atoms with Crippen molar-refractivity contribution in [3.8, 4) is 0 Å². The van der Waals surface area contributed by atoms with Crippen molar-refractivity contribution < 1.29 is 0 Å². The molecule has 2 heteroatoms. The summed E-state index contributed by atoms with van der Waals surface area (Å²) in [5, 5.41) is 7.27. The van der Waals surface area contributed by atoms with E-state index >= 15 is 0 Å². The summed E-state index contributed by atoms with van der Waals surface area (Å²) in [4.78, 5) is 0. The molecule has 0 saturated heterocycles. The molecule has 15 heavy (non-hydrogen) atoms. The van der Waals surface area contributed by atoms with E-state index in [-0.39, 0.29) is 0 Å². The summed E-state index contributed by atoms with van der Waals surface area (Å²) in [6.45, 7) is 7.09. The van der Waals surface area contributed by atoms with Crippen molar-refractivity contribution in [2.24, 2.45) is 5.41 Å². The lowest BCUT2D eigenvalue weighted by atomic mass is 9.89. The summed E-state index contributed by atoms with van der Waals surface area (Å²) in [5.41, 5.74) is 0.591. The molecular weight excluding hydrogens is 184 g/mol. The van der Waals surface area contributed by atoms with Gasteiger partial charge in [0.25, 0.3) is 0 Å². The number of hydrogen-bond acceptors (Lipinski definition) is 2. The Balaban J connectivity index is 1.58. The summed E-state index contributed by atoms with van der Waals surface area (Å²) in [6, 6.07) is 1.47. The zero-order chi connectivity index (χ0) is 10.7. The van der Waals surface area contributed by atoms with Gasteiger partial charge in [-0.1, -0.05) is 19.8 Å².